The molecule has 1 aliphatic carbocycles. The molecule has 4 aromatic rings. The van der Waals surface area contributed by atoms with Crippen molar-refractivity contribution in [1.82, 2.24) is 0 Å². The summed E-state index contributed by atoms with van der Waals surface area (Å²) in [7, 11) is -2.59. The van der Waals surface area contributed by atoms with Gasteiger partial charge in [0.25, 0.3) is 0 Å². The van der Waals surface area contributed by atoms with Crippen LogP contribution in [0, 0.1) is 20.8 Å². The van der Waals surface area contributed by atoms with E-state index in [1.165, 1.54) is 49.0 Å². The van der Waals surface area contributed by atoms with Crippen LogP contribution in [0.4, 0.5) is 0 Å². The molecule has 0 nitrogen and oxygen atoms in total. The smallest absolute Gasteiger partial charge is 0.147 e. The summed E-state index contributed by atoms with van der Waals surface area (Å²) >= 11 is 2.52. The van der Waals surface area contributed by atoms with Crippen molar-refractivity contribution in [3.63, 3.8) is 0 Å². The van der Waals surface area contributed by atoms with Crippen molar-refractivity contribution >= 4 is 66.9 Å². The average molecular weight is 587 g/mol. The van der Waals surface area contributed by atoms with Crippen molar-refractivity contribution in [3.05, 3.63) is 130 Å². The van der Waals surface area contributed by atoms with E-state index in [9.17, 15) is 0 Å². The Bertz CT molecular complexity index is 1290. The predicted molar refractivity (Wildman–Crippen MR) is 162 cm³/mol. The number of benzene rings is 4. The van der Waals surface area contributed by atoms with E-state index in [0.717, 1.165) is 0 Å². The third-order valence-corrected chi connectivity index (χ3v) is 15.4. The quantitative estimate of drug-likeness (QED) is 0.183. The van der Waals surface area contributed by atoms with Crippen molar-refractivity contribution in [2.24, 2.45) is 0 Å². The van der Waals surface area contributed by atoms with Gasteiger partial charge < -0.3 is 0 Å². The van der Waals surface area contributed by atoms with Gasteiger partial charge in [-0.2, -0.15) is 0 Å². The van der Waals surface area contributed by atoms with Crippen LogP contribution < -0.4 is 15.6 Å². The number of allylic oxidation sites excluding steroid dienone is 1. The van der Waals surface area contributed by atoms with Gasteiger partial charge in [0, 0.05) is 0 Å². The van der Waals surface area contributed by atoms with Crippen molar-refractivity contribution in [1.29, 1.82) is 0 Å². The first kappa shape index (κ1) is 30.6. The van der Waals surface area contributed by atoms with Gasteiger partial charge in [-0.15, -0.1) is 37.2 Å². The molecule has 0 saturated heterocycles. The van der Waals surface area contributed by atoms with E-state index in [-0.39, 0.29) is 40.6 Å². The molecule has 0 amide bonds. The number of aryl methyl sites for hydroxylation is 3. The summed E-state index contributed by atoms with van der Waals surface area (Å²) in [5.74, 6) is 0. The van der Waals surface area contributed by atoms with E-state index >= 15 is 0 Å². The molecule has 0 bridgehead atoms. The monoisotopic (exact) mass is 585 g/mol. The van der Waals surface area contributed by atoms with Crippen molar-refractivity contribution in [2.75, 3.05) is 0 Å². The van der Waals surface area contributed by atoms with Gasteiger partial charge in [-0.05, 0) is 0 Å². The van der Waals surface area contributed by atoms with E-state index in [1.54, 1.807) is 0 Å². The van der Waals surface area contributed by atoms with E-state index in [2.05, 4.69) is 151 Å². The van der Waals surface area contributed by atoms with E-state index < -0.39 is 8.07 Å². The van der Waals surface area contributed by atoms with Gasteiger partial charge in [0.2, 0.25) is 0 Å². The summed E-state index contributed by atoms with van der Waals surface area (Å²) in [6.45, 7) is 9.03. The van der Waals surface area contributed by atoms with Gasteiger partial charge in [-0.25, -0.2) is 0 Å². The largest absolute Gasteiger partial charge is 0.147 e. The van der Waals surface area contributed by atoms with Crippen LogP contribution in [0.5, 0.6) is 0 Å². The minimum absolute atomic E-state index is 0. The van der Waals surface area contributed by atoms with Gasteiger partial charge in [-0.3, -0.25) is 0 Å². The van der Waals surface area contributed by atoms with Crippen LogP contribution in [0.3, 0.4) is 0 Å². The van der Waals surface area contributed by atoms with Gasteiger partial charge >= 0.3 is 212 Å². The van der Waals surface area contributed by atoms with E-state index in [1.807, 2.05) is 0 Å². The van der Waals surface area contributed by atoms with Gasteiger partial charge in [0.05, 0.1) is 0 Å². The van der Waals surface area contributed by atoms with Crippen LogP contribution in [0.25, 0.3) is 6.08 Å². The molecule has 1 unspecified atom stereocenters. The molecule has 36 heavy (non-hydrogen) atoms. The maximum absolute atomic E-state index is 2.59. The Hall–Kier alpha value is -1.58. The first-order valence-electron chi connectivity index (χ1n) is 11.6. The third-order valence-electron chi connectivity index (χ3n) is 7.24. The van der Waals surface area contributed by atoms with Crippen LogP contribution >= 0.6 is 37.2 Å². The standard InChI is InChI=1S/C31H29Si.3ClH.Ti/c1-22-10-7-14-27(18-22)32(28-15-8-11-23(2)19-28,29-16-9-12-24(3)20-29)31-25(4)21-26-13-5-6-17-30(26)31;;;;/h5-21H,1-4H3;3*1H;. The first-order chi connectivity index (χ1) is 15.9. The fourth-order valence-corrected chi connectivity index (χ4v) is 14.3. The Balaban J connectivity index is 0.00000152. The Kier molecular flexibility index (Phi) is 10.1. The molecule has 0 heterocycles. The summed E-state index contributed by atoms with van der Waals surface area (Å²) in [6, 6.07) is 37.0. The number of hydrogen-bond donors (Lipinski definition) is 0. The van der Waals surface area contributed by atoms with Crippen molar-refractivity contribution < 1.29 is 20.4 Å². The molecule has 0 radical (unpaired) electrons. The molecule has 5 rings (SSSR count). The number of hydrogen-bond acceptors (Lipinski definition) is 0. The van der Waals surface area contributed by atoms with Crippen LogP contribution in [0.15, 0.2) is 103 Å². The molecule has 0 fully saturated rings. The van der Waals surface area contributed by atoms with Gasteiger partial charge in [0.1, 0.15) is 0 Å². The maximum Gasteiger partial charge on any atom is -0.147 e. The van der Waals surface area contributed by atoms with Crippen LogP contribution in [0.2, 0.25) is 0 Å². The first-order valence-corrected chi connectivity index (χ1v) is 14.4. The van der Waals surface area contributed by atoms with E-state index in [0.29, 0.717) is 0 Å². The summed E-state index contributed by atoms with van der Waals surface area (Å²) in [5, 5.41) is 4.43. The molecule has 0 saturated carbocycles. The zero-order valence-electron chi connectivity index (χ0n) is 21.0. The molecule has 0 spiro atoms. The fraction of sp³-hybridized carbons (Fsp3) is 0.161. The summed E-state index contributed by atoms with van der Waals surface area (Å²) in [5.41, 5.74) is 8.24. The number of rotatable bonds is 4. The Morgan fingerprint density at radius 2 is 0.972 bits per heavy atom. The van der Waals surface area contributed by atoms with Crippen LogP contribution in [0.1, 0.15) is 34.7 Å². The predicted octanol–water partition coefficient (Wildman–Crippen LogP) is 6.75. The van der Waals surface area contributed by atoms with Crippen molar-refractivity contribution in [2.45, 2.75) is 31.0 Å². The van der Waals surface area contributed by atoms with Gasteiger partial charge in [0.15, 0.2) is 0 Å². The molecule has 5 heteroatoms. The van der Waals surface area contributed by atoms with Crippen molar-refractivity contribution in [3.8, 4) is 0 Å². The Labute approximate surface area is 247 Å². The molecule has 185 valence electrons. The average Bonchev–Trinajstić information content (AvgIpc) is 3.06. The normalized spacial score (nSPS) is 16.0. The zero-order chi connectivity index (χ0) is 23.2. The number of halogens is 3. The third kappa shape index (κ3) is 4.71. The Morgan fingerprint density at radius 3 is 1.39 bits per heavy atom. The molecule has 0 aliphatic heterocycles. The second kappa shape index (κ2) is 11.9. The summed E-state index contributed by atoms with van der Waals surface area (Å²) in [4.78, 5) is 0. The minimum atomic E-state index is -2.59. The zero-order valence-corrected chi connectivity index (χ0v) is 26.1. The molecule has 4 aromatic carbocycles. The fourth-order valence-electron chi connectivity index (χ4n) is 5.80. The van der Waals surface area contributed by atoms with Crippen LogP contribution in [-0.4, -0.2) is 8.07 Å². The molecular formula is C31H32Cl3SiTi. The Morgan fingerprint density at radius 1 is 0.556 bits per heavy atom. The molecule has 0 aromatic heterocycles. The summed E-state index contributed by atoms with van der Waals surface area (Å²) in [6.07, 6.45) is 2.43. The summed E-state index contributed by atoms with van der Waals surface area (Å²) < 4.78 is -0.112. The number of fused-ring (bicyclic) bond motifs is 1. The van der Waals surface area contributed by atoms with E-state index in [4.69, 9.17) is 0 Å². The molecule has 0 N–H and O–H groups in total. The minimum Gasteiger partial charge on any atom is -0.147 e. The topological polar surface area (TPSA) is 0 Å². The SMILES string of the molecule is CC1=Cc2ccccc2[C]1([Ti])[Si](c1cccc(C)c1)(c1cccc(C)c1)c1cccc(C)c1.Cl.Cl.Cl. The molecule has 1 atom stereocenters. The second-order valence-electron chi connectivity index (χ2n) is 9.52. The van der Waals surface area contributed by atoms with Gasteiger partial charge in [-0.1, -0.05) is 0 Å². The molecular weight excluding hydrogens is 555 g/mol. The van der Waals surface area contributed by atoms with Crippen LogP contribution in [-0.2, 0) is 23.8 Å². The molecule has 1 aliphatic rings. The second-order valence-corrected chi connectivity index (χ2v) is 15.5. The maximum atomic E-state index is 2.52.